The van der Waals surface area contributed by atoms with E-state index < -0.39 is 115 Å². The zero-order valence-electron chi connectivity index (χ0n) is 31.0. The molecule has 1 saturated carbocycles. The SMILES string of the molecule is COC(=O)C1=C2[C@@H](O[C@@H]3O[C@H](COC(C)=O)[C@@H](OC(C)=O)[C@H](OC(C)=O)[C@H]3OC(C)=O)C[C@](O)(C(=O)O)[C@@](C)(C[C@H](OC(C)=O)c3ccoc3)[C@@H]2CCC1. The molecule has 298 valence electrons. The van der Waals surface area contributed by atoms with Gasteiger partial charge in [-0.3, -0.25) is 24.0 Å². The Morgan fingerprint density at radius 3 is 2.07 bits per heavy atom. The van der Waals surface area contributed by atoms with Crippen molar-refractivity contribution in [1.82, 2.24) is 0 Å². The highest BCUT2D eigenvalue weighted by Gasteiger charge is 2.65. The van der Waals surface area contributed by atoms with Crippen LogP contribution in [0.2, 0.25) is 0 Å². The highest BCUT2D eigenvalue weighted by Crippen LogP contribution is 2.60. The standard InChI is InChI=1S/C36H46O18/c1-17(37)48-16-27-29(50-19(3)39)30(51-20(4)40)31(52-21(5)41)33(54-27)53-26-14-36(45,34(43)44)35(6,13-25(49-18(2)38)22-11-12-47-15-22)24-10-8-9-23(28(24)26)32(42)46-7/h11-12,15,24-27,29-31,33,45H,8-10,13-14,16H2,1-7H3,(H,43,44)/t24-,25+,26+,27-,29-,30+,31-,33-,35+,36+/m1/s1. The summed E-state index contributed by atoms with van der Waals surface area (Å²) in [6, 6.07) is 1.54. The number of methoxy groups -OCH3 is 1. The smallest absolute Gasteiger partial charge is 0.336 e. The van der Waals surface area contributed by atoms with Gasteiger partial charge in [-0.15, -0.1) is 0 Å². The largest absolute Gasteiger partial charge is 0.479 e. The summed E-state index contributed by atoms with van der Waals surface area (Å²) in [6.45, 7) is 6.39. The summed E-state index contributed by atoms with van der Waals surface area (Å²) in [4.78, 5) is 87.9. The van der Waals surface area contributed by atoms with Crippen molar-refractivity contribution in [2.24, 2.45) is 11.3 Å². The van der Waals surface area contributed by atoms with Gasteiger partial charge in [0, 0.05) is 57.6 Å². The van der Waals surface area contributed by atoms with Gasteiger partial charge < -0.3 is 52.5 Å². The van der Waals surface area contributed by atoms with Gasteiger partial charge in [0.25, 0.3) is 0 Å². The van der Waals surface area contributed by atoms with Crippen LogP contribution in [0.4, 0.5) is 0 Å². The maximum atomic E-state index is 13.4. The van der Waals surface area contributed by atoms with Crippen LogP contribution in [0.5, 0.6) is 0 Å². The van der Waals surface area contributed by atoms with Gasteiger partial charge >= 0.3 is 41.8 Å². The number of carbonyl (C=O) groups is 7. The maximum absolute atomic E-state index is 13.4. The van der Waals surface area contributed by atoms with Gasteiger partial charge in [-0.05, 0) is 43.2 Å². The van der Waals surface area contributed by atoms with E-state index in [1.54, 1.807) is 0 Å². The van der Waals surface area contributed by atoms with Crippen LogP contribution in [-0.2, 0) is 71.5 Å². The summed E-state index contributed by atoms with van der Waals surface area (Å²) in [5, 5.41) is 23.2. The fraction of sp³-hybridized carbons (Fsp3) is 0.639. The fourth-order valence-electron chi connectivity index (χ4n) is 7.81. The molecule has 2 heterocycles. The normalized spacial score (nSPS) is 31.2. The molecule has 10 atom stereocenters. The van der Waals surface area contributed by atoms with Crippen molar-refractivity contribution in [3.63, 3.8) is 0 Å². The van der Waals surface area contributed by atoms with E-state index in [2.05, 4.69) is 0 Å². The van der Waals surface area contributed by atoms with E-state index in [-0.39, 0.29) is 30.4 Å². The van der Waals surface area contributed by atoms with Crippen LogP contribution in [0.1, 0.15) is 85.3 Å². The molecule has 2 aliphatic carbocycles. The number of carbonyl (C=O) groups excluding carboxylic acids is 6. The van der Waals surface area contributed by atoms with Crippen molar-refractivity contribution in [3.05, 3.63) is 35.3 Å². The molecule has 2 N–H and O–H groups in total. The molecule has 0 amide bonds. The second-order valence-electron chi connectivity index (χ2n) is 13.7. The summed E-state index contributed by atoms with van der Waals surface area (Å²) in [6.07, 6.45) is -8.07. The number of ether oxygens (including phenoxy) is 8. The van der Waals surface area contributed by atoms with Crippen LogP contribution >= 0.6 is 0 Å². The molecule has 1 aromatic heterocycles. The van der Waals surface area contributed by atoms with Gasteiger partial charge in [0.2, 0.25) is 0 Å². The molecule has 1 aromatic rings. The predicted molar refractivity (Wildman–Crippen MR) is 176 cm³/mol. The van der Waals surface area contributed by atoms with E-state index in [9.17, 15) is 43.8 Å². The van der Waals surface area contributed by atoms with Crippen LogP contribution in [-0.4, -0.2) is 108 Å². The van der Waals surface area contributed by atoms with Gasteiger partial charge in [0.1, 0.15) is 18.8 Å². The molecular formula is C36H46O18. The zero-order chi connectivity index (χ0) is 40.1. The Hall–Kier alpha value is -4.81. The van der Waals surface area contributed by atoms with Crippen molar-refractivity contribution in [3.8, 4) is 0 Å². The lowest BCUT2D eigenvalue weighted by atomic mass is 9.51. The highest BCUT2D eigenvalue weighted by atomic mass is 16.7. The van der Waals surface area contributed by atoms with Gasteiger partial charge in [0.15, 0.2) is 30.2 Å². The predicted octanol–water partition coefficient (Wildman–Crippen LogP) is 2.24. The summed E-state index contributed by atoms with van der Waals surface area (Å²) in [5.74, 6) is -7.42. The number of aliphatic hydroxyl groups is 1. The number of hydrogen-bond acceptors (Lipinski definition) is 17. The van der Waals surface area contributed by atoms with Crippen molar-refractivity contribution >= 4 is 41.8 Å². The molecular weight excluding hydrogens is 720 g/mol. The van der Waals surface area contributed by atoms with E-state index in [4.69, 9.17) is 42.3 Å². The fourth-order valence-corrected chi connectivity index (χ4v) is 7.81. The minimum absolute atomic E-state index is 0.135. The van der Waals surface area contributed by atoms with Gasteiger partial charge in [0.05, 0.1) is 25.7 Å². The highest BCUT2D eigenvalue weighted by molar-refractivity contribution is 5.90. The average molecular weight is 767 g/mol. The number of esters is 6. The van der Waals surface area contributed by atoms with Crippen molar-refractivity contribution in [1.29, 1.82) is 0 Å². The first kappa shape index (κ1) is 41.9. The summed E-state index contributed by atoms with van der Waals surface area (Å²) in [7, 11) is 1.17. The molecule has 0 unspecified atom stereocenters. The Labute approximate surface area is 310 Å². The quantitative estimate of drug-likeness (QED) is 0.216. The monoisotopic (exact) mass is 766 g/mol. The molecule has 3 aliphatic rings. The van der Waals surface area contributed by atoms with E-state index in [0.29, 0.717) is 12.0 Å². The number of furan rings is 1. The van der Waals surface area contributed by atoms with Crippen molar-refractivity contribution < 1.29 is 86.1 Å². The molecule has 0 spiro atoms. The van der Waals surface area contributed by atoms with Crippen molar-refractivity contribution in [2.45, 2.75) is 122 Å². The molecule has 4 rings (SSSR count). The first-order valence-corrected chi connectivity index (χ1v) is 17.2. The summed E-state index contributed by atoms with van der Waals surface area (Å²) in [5.41, 5.74) is -3.53. The number of aliphatic carboxylic acids is 1. The third-order valence-electron chi connectivity index (χ3n) is 10.0. The Morgan fingerprint density at radius 1 is 0.907 bits per heavy atom. The van der Waals surface area contributed by atoms with Crippen LogP contribution in [0.25, 0.3) is 0 Å². The topological polar surface area (TPSA) is 247 Å². The molecule has 2 fully saturated rings. The van der Waals surface area contributed by atoms with E-state index in [0.717, 1.165) is 27.7 Å². The number of fused-ring (bicyclic) bond motifs is 1. The van der Waals surface area contributed by atoms with Crippen LogP contribution in [0.15, 0.2) is 34.2 Å². The second-order valence-corrected chi connectivity index (χ2v) is 13.7. The van der Waals surface area contributed by atoms with Gasteiger partial charge in [-0.2, -0.15) is 0 Å². The average Bonchev–Trinajstić information content (AvgIpc) is 3.62. The maximum Gasteiger partial charge on any atom is 0.336 e. The van der Waals surface area contributed by atoms with Gasteiger partial charge in [-0.25, -0.2) is 9.59 Å². The third-order valence-corrected chi connectivity index (χ3v) is 10.0. The number of rotatable bonds is 13. The molecule has 54 heavy (non-hydrogen) atoms. The lowest BCUT2D eigenvalue weighted by Gasteiger charge is -2.57. The Bertz CT molecular complexity index is 1630. The molecule has 0 aromatic carbocycles. The minimum Gasteiger partial charge on any atom is -0.479 e. The Kier molecular flexibility index (Phi) is 13.3. The molecule has 1 saturated heterocycles. The lowest BCUT2D eigenvalue weighted by molar-refractivity contribution is -0.320. The Morgan fingerprint density at radius 2 is 1.54 bits per heavy atom. The zero-order valence-corrected chi connectivity index (χ0v) is 31.0. The molecule has 0 radical (unpaired) electrons. The summed E-state index contributed by atoms with van der Waals surface area (Å²) < 4.78 is 50.2. The van der Waals surface area contributed by atoms with Crippen LogP contribution in [0.3, 0.4) is 0 Å². The van der Waals surface area contributed by atoms with Gasteiger partial charge in [-0.1, -0.05) is 6.92 Å². The van der Waals surface area contributed by atoms with E-state index in [1.807, 2.05) is 0 Å². The van der Waals surface area contributed by atoms with Crippen molar-refractivity contribution in [2.75, 3.05) is 13.7 Å². The molecule has 18 nitrogen and oxygen atoms in total. The first-order valence-electron chi connectivity index (χ1n) is 17.2. The lowest BCUT2D eigenvalue weighted by Crippen LogP contribution is -2.66. The molecule has 1 aliphatic heterocycles. The number of hydrogen-bond donors (Lipinski definition) is 2. The molecule has 0 bridgehead atoms. The van der Waals surface area contributed by atoms with E-state index in [1.165, 1.54) is 39.5 Å². The minimum atomic E-state index is -2.65. The second kappa shape index (κ2) is 17.1. The van der Waals surface area contributed by atoms with Crippen LogP contribution < -0.4 is 0 Å². The Balaban J connectivity index is 1.90. The number of carboxylic acid groups (broad SMARTS) is 1. The van der Waals surface area contributed by atoms with Crippen LogP contribution in [0, 0.1) is 11.3 Å². The molecule has 18 heteroatoms. The summed E-state index contributed by atoms with van der Waals surface area (Å²) >= 11 is 0. The first-order chi connectivity index (χ1) is 25.3. The number of carboxylic acids is 1. The van der Waals surface area contributed by atoms with E-state index >= 15 is 0 Å². The third kappa shape index (κ3) is 8.93.